The van der Waals surface area contributed by atoms with Crippen molar-refractivity contribution in [2.45, 2.75) is 19.8 Å². The quantitative estimate of drug-likeness (QED) is 0.860. The summed E-state index contributed by atoms with van der Waals surface area (Å²) in [6.45, 7) is 2.53. The summed E-state index contributed by atoms with van der Waals surface area (Å²) in [5.41, 5.74) is 1.20. The highest BCUT2D eigenvalue weighted by Gasteiger charge is 2.01. The van der Waals surface area contributed by atoms with Crippen molar-refractivity contribution in [2.24, 2.45) is 0 Å². The largest absolute Gasteiger partial charge is 0.368 e. The van der Waals surface area contributed by atoms with Crippen LogP contribution in [-0.2, 0) is 11.2 Å². The average molecular weight is 305 g/mol. The summed E-state index contributed by atoms with van der Waals surface area (Å²) in [5, 5.41) is 14.5. The Hall–Kier alpha value is -2.14. The number of carbonyl (C=O) groups is 1. The van der Waals surface area contributed by atoms with Crippen molar-refractivity contribution in [3.05, 3.63) is 47.0 Å². The monoisotopic (exact) mass is 304 g/mol. The van der Waals surface area contributed by atoms with E-state index in [0.717, 1.165) is 18.0 Å². The lowest BCUT2D eigenvalue weighted by Crippen LogP contribution is -2.12. The van der Waals surface area contributed by atoms with E-state index in [2.05, 4.69) is 20.8 Å². The van der Waals surface area contributed by atoms with Gasteiger partial charge in [-0.25, -0.2) is 0 Å². The number of hydrogen-bond donors (Lipinski definition) is 2. The maximum Gasteiger partial charge on any atom is 0.225 e. The Morgan fingerprint density at radius 3 is 2.38 bits per heavy atom. The average Bonchev–Trinajstić information content (AvgIpc) is 2.51. The maximum atomic E-state index is 11.2. The molecule has 0 aliphatic rings. The smallest absolute Gasteiger partial charge is 0.225 e. The van der Waals surface area contributed by atoms with E-state index in [1.54, 1.807) is 19.1 Å². The van der Waals surface area contributed by atoms with Crippen LogP contribution in [0.2, 0.25) is 5.02 Å². The third-order valence-corrected chi connectivity index (χ3v) is 3.14. The zero-order chi connectivity index (χ0) is 15.1. The SMILES string of the molecule is CCC(=O)Nc1ccc(NCCc2ccc(Cl)cc2)nn1. The van der Waals surface area contributed by atoms with Crippen molar-refractivity contribution in [3.63, 3.8) is 0 Å². The molecule has 0 atom stereocenters. The molecular formula is C15H17ClN4O. The first-order chi connectivity index (χ1) is 10.2. The number of benzene rings is 1. The van der Waals surface area contributed by atoms with Gasteiger partial charge in [0.2, 0.25) is 5.91 Å². The normalized spacial score (nSPS) is 10.2. The van der Waals surface area contributed by atoms with Gasteiger partial charge in [0.05, 0.1) is 0 Å². The molecule has 0 saturated carbocycles. The number of aromatic nitrogens is 2. The second kappa shape index (κ2) is 7.59. The first-order valence-electron chi connectivity index (χ1n) is 6.79. The lowest BCUT2D eigenvalue weighted by atomic mass is 10.1. The van der Waals surface area contributed by atoms with Gasteiger partial charge in [-0.2, -0.15) is 0 Å². The number of nitrogens with zero attached hydrogens (tertiary/aromatic N) is 2. The Bertz CT molecular complexity index is 584. The van der Waals surface area contributed by atoms with Crippen molar-refractivity contribution in [1.29, 1.82) is 0 Å². The van der Waals surface area contributed by atoms with Crippen LogP contribution in [0.25, 0.3) is 0 Å². The molecule has 1 aromatic carbocycles. The molecule has 5 nitrogen and oxygen atoms in total. The molecule has 0 radical (unpaired) electrons. The zero-order valence-corrected chi connectivity index (χ0v) is 12.5. The maximum absolute atomic E-state index is 11.2. The Morgan fingerprint density at radius 2 is 1.76 bits per heavy atom. The van der Waals surface area contributed by atoms with E-state index < -0.39 is 0 Å². The van der Waals surface area contributed by atoms with Gasteiger partial charge in [0, 0.05) is 18.0 Å². The molecule has 1 aromatic heterocycles. The number of carbonyl (C=O) groups excluding carboxylic acids is 1. The molecule has 6 heteroatoms. The van der Waals surface area contributed by atoms with Gasteiger partial charge in [-0.1, -0.05) is 30.7 Å². The highest BCUT2D eigenvalue weighted by atomic mass is 35.5. The van der Waals surface area contributed by atoms with E-state index in [4.69, 9.17) is 11.6 Å². The molecule has 2 rings (SSSR count). The number of hydrogen-bond acceptors (Lipinski definition) is 4. The van der Waals surface area contributed by atoms with E-state index in [-0.39, 0.29) is 5.91 Å². The fraction of sp³-hybridized carbons (Fsp3) is 0.267. The highest BCUT2D eigenvalue weighted by Crippen LogP contribution is 2.10. The third-order valence-electron chi connectivity index (χ3n) is 2.89. The number of nitrogens with one attached hydrogen (secondary N) is 2. The number of amides is 1. The van der Waals surface area contributed by atoms with E-state index >= 15 is 0 Å². The minimum absolute atomic E-state index is 0.0762. The van der Waals surface area contributed by atoms with Gasteiger partial charge in [-0.15, -0.1) is 10.2 Å². The van der Waals surface area contributed by atoms with Gasteiger partial charge < -0.3 is 10.6 Å². The zero-order valence-electron chi connectivity index (χ0n) is 11.8. The van der Waals surface area contributed by atoms with Crippen LogP contribution in [0.4, 0.5) is 11.6 Å². The van der Waals surface area contributed by atoms with Crippen LogP contribution >= 0.6 is 11.6 Å². The molecule has 0 bridgehead atoms. The van der Waals surface area contributed by atoms with Gasteiger partial charge >= 0.3 is 0 Å². The third kappa shape index (κ3) is 5.04. The van der Waals surface area contributed by atoms with E-state index in [0.29, 0.717) is 18.1 Å². The highest BCUT2D eigenvalue weighted by molar-refractivity contribution is 6.30. The van der Waals surface area contributed by atoms with Crippen LogP contribution in [-0.4, -0.2) is 22.6 Å². The molecule has 110 valence electrons. The van der Waals surface area contributed by atoms with Gasteiger partial charge in [-0.05, 0) is 36.2 Å². The van der Waals surface area contributed by atoms with E-state index in [9.17, 15) is 4.79 Å². The molecular weight excluding hydrogens is 288 g/mol. The fourth-order valence-electron chi connectivity index (χ4n) is 1.71. The summed E-state index contributed by atoms with van der Waals surface area (Å²) in [4.78, 5) is 11.2. The predicted molar refractivity (Wildman–Crippen MR) is 84.6 cm³/mol. The Kier molecular flexibility index (Phi) is 5.51. The van der Waals surface area contributed by atoms with Crippen LogP contribution < -0.4 is 10.6 Å². The molecule has 1 heterocycles. The lowest BCUT2D eigenvalue weighted by Gasteiger charge is -2.06. The fourth-order valence-corrected chi connectivity index (χ4v) is 1.84. The standard InChI is InChI=1S/C15H17ClN4O/c1-2-15(21)18-14-8-7-13(19-20-14)17-10-9-11-3-5-12(16)6-4-11/h3-8H,2,9-10H2,1H3,(H,17,19)(H,18,20,21). The van der Waals surface area contributed by atoms with Crippen molar-refractivity contribution in [3.8, 4) is 0 Å². The molecule has 2 N–H and O–H groups in total. The molecule has 0 saturated heterocycles. The number of halogens is 1. The van der Waals surface area contributed by atoms with Crippen LogP contribution in [0.3, 0.4) is 0 Å². The van der Waals surface area contributed by atoms with Crippen LogP contribution in [0, 0.1) is 0 Å². The van der Waals surface area contributed by atoms with E-state index in [1.807, 2.05) is 24.3 Å². The van der Waals surface area contributed by atoms with Gasteiger partial charge in [0.15, 0.2) is 5.82 Å². The first-order valence-corrected chi connectivity index (χ1v) is 7.17. The first kappa shape index (κ1) is 15.3. The number of rotatable bonds is 6. The molecule has 21 heavy (non-hydrogen) atoms. The van der Waals surface area contributed by atoms with Crippen molar-refractivity contribution >= 4 is 29.1 Å². The van der Waals surface area contributed by atoms with Crippen molar-refractivity contribution in [2.75, 3.05) is 17.2 Å². The molecule has 0 unspecified atom stereocenters. The lowest BCUT2D eigenvalue weighted by molar-refractivity contribution is -0.115. The topological polar surface area (TPSA) is 66.9 Å². The van der Waals surface area contributed by atoms with Gasteiger partial charge in [-0.3, -0.25) is 4.79 Å². The Morgan fingerprint density at radius 1 is 1.10 bits per heavy atom. The molecule has 2 aromatic rings. The van der Waals surface area contributed by atoms with Crippen molar-refractivity contribution < 1.29 is 4.79 Å². The summed E-state index contributed by atoms with van der Waals surface area (Å²) >= 11 is 5.84. The summed E-state index contributed by atoms with van der Waals surface area (Å²) in [6, 6.07) is 11.3. The molecule has 0 aliphatic carbocycles. The summed E-state index contributed by atoms with van der Waals surface area (Å²) in [5.74, 6) is 1.07. The molecule has 1 amide bonds. The van der Waals surface area contributed by atoms with Gasteiger partial charge in [0.1, 0.15) is 5.82 Å². The van der Waals surface area contributed by atoms with E-state index in [1.165, 1.54) is 5.56 Å². The Labute approximate surface area is 128 Å². The molecule has 0 spiro atoms. The second-order valence-electron chi connectivity index (χ2n) is 4.51. The van der Waals surface area contributed by atoms with Crippen LogP contribution in [0.15, 0.2) is 36.4 Å². The van der Waals surface area contributed by atoms with Crippen molar-refractivity contribution in [1.82, 2.24) is 10.2 Å². The minimum atomic E-state index is -0.0762. The summed E-state index contributed by atoms with van der Waals surface area (Å²) < 4.78 is 0. The van der Waals surface area contributed by atoms with Crippen LogP contribution in [0.5, 0.6) is 0 Å². The minimum Gasteiger partial charge on any atom is -0.368 e. The number of anilines is 2. The second-order valence-corrected chi connectivity index (χ2v) is 4.95. The molecule has 0 aliphatic heterocycles. The Balaban J connectivity index is 1.80. The summed E-state index contributed by atoms with van der Waals surface area (Å²) in [7, 11) is 0. The predicted octanol–water partition coefficient (Wildman–Crippen LogP) is 3.13. The summed E-state index contributed by atoms with van der Waals surface area (Å²) in [6.07, 6.45) is 1.29. The van der Waals surface area contributed by atoms with Crippen LogP contribution in [0.1, 0.15) is 18.9 Å². The molecule has 0 fully saturated rings. The van der Waals surface area contributed by atoms with Gasteiger partial charge in [0.25, 0.3) is 0 Å².